The van der Waals surface area contributed by atoms with Gasteiger partial charge in [0.05, 0.1) is 9.79 Å². The first kappa shape index (κ1) is 16.4. The van der Waals surface area contributed by atoms with Crippen LogP contribution in [0.2, 0.25) is 0 Å². The maximum atomic E-state index is 12.1. The fourth-order valence-electron chi connectivity index (χ4n) is 1.69. The van der Waals surface area contributed by atoms with Crippen LogP contribution >= 0.6 is 0 Å². The molecule has 9 heteroatoms. The smallest absolute Gasteiger partial charge is 0.240 e. The molecule has 21 heavy (non-hydrogen) atoms. The summed E-state index contributed by atoms with van der Waals surface area (Å²) in [6, 6.07) is 5.33. The van der Waals surface area contributed by atoms with Crippen molar-refractivity contribution in [3.8, 4) is 0 Å². The molecular weight excluding hydrogens is 314 g/mol. The lowest BCUT2D eigenvalue weighted by atomic mass is 10.4. The van der Waals surface area contributed by atoms with Gasteiger partial charge < -0.3 is 5.32 Å². The van der Waals surface area contributed by atoms with Gasteiger partial charge in [-0.3, -0.25) is 0 Å². The van der Waals surface area contributed by atoms with E-state index in [0.717, 1.165) is 12.8 Å². The SMILES string of the molecule is CNCCNS(=O)(=O)c1cccc(S(=O)(=O)NC2CC2)c1. The van der Waals surface area contributed by atoms with Crippen molar-refractivity contribution in [2.24, 2.45) is 0 Å². The second-order valence-electron chi connectivity index (χ2n) is 4.87. The van der Waals surface area contributed by atoms with Crippen molar-refractivity contribution in [2.45, 2.75) is 28.7 Å². The summed E-state index contributed by atoms with van der Waals surface area (Å²) in [4.78, 5) is -0.0943. The van der Waals surface area contributed by atoms with E-state index in [0.29, 0.717) is 6.54 Å². The van der Waals surface area contributed by atoms with Crippen molar-refractivity contribution in [3.05, 3.63) is 24.3 Å². The molecule has 1 aliphatic carbocycles. The number of sulfonamides is 2. The van der Waals surface area contributed by atoms with Crippen LogP contribution in [0.1, 0.15) is 12.8 Å². The normalized spacial score (nSPS) is 16.0. The highest BCUT2D eigenvalue weighted by Gasteiger charge is 2.28. The van der Waals surface area contributed by atoms with Gasteiger partial charge in [-0.2, -0.15) is 0 Å². The van der Waals surface area contributed by atoms with E-state index in [4.69, 9.17) is 0 Å². The molecule has 0 radical (unpaired) electrons. The fourth-order valence-corrected chi connectivity index (χ4v) is 4.19. The van der Waals surface area contributed by atoms with Crippen LogP contribution in [0.25, 0.3) is 0 Å². The van der Waals surface area contributed by atoms with Gasteiger partial charge >= 0.3 is 0 Å². The van der Waals surface area contributed by atoms with Crippen molar-refractivity contribution in [1.82, 2.24) is 14.8 Å². The van der Waals surface area contributed by atoms with Crippen molar-refractivity contribution in [3.63, 3.8) is 0 Å². The highest BCUT2D eigenvalue weighted by Crippen LogP contribution is 2.23. The molecule has 1 fully saturated rings. The first-order valence-corrected chi connectivity index (χ1v) is 9.58. The van der Waals surface area contributed by atoms with Crippen molar-refractivity contribution in [2.75, 3.05) is 20.1 Å². The van der Waals surface area contributed by atoms with E-state index >= 15 is 0 Å². The van der Waals surface area contributed by atoms with E-state index in [2.05, 4.69) is 14.8 Å². The van der Waals surface area contributed by atoms with Crippen LogP contribution in [0.4, 0.5) is 0 Å². The monoisotopic (exact) mass is 333 g/mol. The molecule has 1 aromatic carbocycles. The topological polar surface area (TPSA) is 104 Å². The minimum Gasteiger partial charge on any atom is -0.318 e. The molecule has 1 aliphatic rings. The Hall–Kier alpha value is -1.00. The molecule has 0 spiro atoms. The second-order valence-corrected chi connectivity index (χ2v) is 8.35. The predicted octanol–water partition coefficient (Wildman–Crippen LogP) is -0.375. The third-order valence-electron chi connectivity index (χ3n) is 2.99. The van der Waals surface area contributed by atoms with E-state index in [1.807, 2.05) is 0 Å². The van der Waals surface area contributed by atoms with Crippen LogP contribution in [0.5, 0.6) is 0 Å². The molecule has 0 unspecified atom stereocenters. The Morgan fingerprint density at radius 1 is 1.05 bits per heavy atom. The molecule has 1 saturated carbocycles. The predicted molar refractivity (Wildman–Crippen MR) is 78.9 cm³/mol. The van der Waals surface area contributed by atoms with Gasteiger partial charge in [-0.15, -0.1) is 0 Å². The van der Waals surface area contributed by atoms with E-state index in [1.165, 1.54) is 24.3 Å². The maximum absolute atomic E-state index is 12.1. The van der Waals surface area contributed by atoms with E-state index in [1.54, 1.807) is 7.05 Å². The van der Waals surface area contributed by atoms with E-state index in [9.17, 15) is 16.8 Å². The fraction of sp³-hybridized carbons (Fsp3) is 0.500. The van der Waals surface area contributed by atoms with Gasteiger partial charge in [-0.25, -0.2) is 26.3 Å². The Bertz CT molecular complexity index is 697. The third kappa shape index (κ3) is 4.48. The summed E-state index contributed by atoms with van der Waals surface area (Å²) in [5.41, 5.74) is 0. The lowest BCUT2D eigenvalue weighted by Gasteiger charge is -2.09. The van der Waals surface area contributed by atoms with Gasteiger partial charge in [-0.05, 0) is 38.1 Å². The summed E-state index contributed by atoms with van der Waals surface area (Å²) < 4.78 is 53.2. The molecule has 118 valence electrons. The lowest BCUT2D eigenvalue weighted by Crippen LogP contribution is -2.31. The van der Waals surface area contributed by atoms with Crippen molar-refractivity contribution >= 4 is 20.0 Å². The molecule has 0 bridgehead atoms. The van der Waals surface area contributed by atoms with Crippen LogP contribution in [0.15, 0.2) is 34.1 Å². The Morgan fingerprint density at radius 3 is 2.24 bits per heavy atom. The first-order chi connectivity index (χ1) is 9.85. The van der Waals surface area contributed by atoms with Gasteiger partial charge in [0, 0.05) is 19.1 Å². The van der Waals surface area contributed by atoms with Gasteiger partial charge in [0.2, 0.25) is 20.0 Å². The molecule has 0 saturated heterocycles. The number of rotatable bonds is 8. The average molecular weight is 333 g/mol. The van der Waals surface area contributed by atoms with Crippen LogP contribution in [-0.2, 0) is 20.0 Å². The molecule has 7 nitrogen and oxygen atoms in total. The van der Waals surface area contributed by atoms with Crippen LogP contribution < -0.4 is 14.8 Å². The quantitative estimate of drug-likeness (QED) is 0.563. The Kier molecular flexibility index (Phi) is 4.99. The highest BCUT2D eigenvalue weighted by molar-refractivity contribution is 7.90. The van der Waals surface area contributed by atoms with Gasteiger partial charge in [-0.1, -0.05) is 6.07 Å². The van der Waals surface area contributed by atoms with Crippen LogP contribution in [0.3, 0.4) is 0 Å². The molecular formula is C12H19N3O4S2. The minimum atomic E-state index is -3.71. The zero-order valence-corrected chi connectivity index (χ0v) is 13.3. The third-order valence-corrected chi connectivity index (χ3v) is 5.97. The zero-order chi connectivity index (χ0) is 15.5. The summed E-state index contributed by atoms with van der Waals surface area (Å²) in [5.74, 6) is 0. The summed E-state index contributed by atoms with van der Waals surface area (Å²) in [7, 11) is -5.66. The zero-order valence-electron chi connectivity index (χ0n) is 11.7. The van der Waals surface area contributed by atoms with E-state index in [-0.39, 0.29) is 22.4 Å². The number of likely N-dealkylation sites (N-methyl/N-ethyl adjacent to an activating group) is 1. The van der Waals surface area contributed by atoms with Gasteiger partial charge in [0.1, 0.15) is 0 Å². The molecule has 0 amide bonds. The Morgan fingerprint density at radius 2 is 1.67 bits per heavy atom. The van der Waals surface area contributed by atoms with Crippen molar-refractivity contribution < 1.29 is 16.8 Å². The van der Waals surface area contributed by atoms with Gasteiger partial charge in [0.15, 0.2) is 0 Å². The molecule has 3 N–H and O–H groups in total. The van der Waals surface area contributed by atoms with Gasteiger partial charge in [0.25, 0.3) is 0 Å². The molecule has 0 aliphatic heterocycles. The summed E-state index contributed by atoms with van der Waals surface area (Å²) in [6.07, 6.45) is 1.64. The van der Waals surface area contributed by atoms with Crippen LogP contribution in [-0.4, -0.2) is 43.0 Å². The number of hydrogen-bond acceptors (Lipinski definition) is 5. The molecule has 2 rings (SSSR count). The summed E-state index contributed by atoms with van der Waals surface area (Å²) >= 11 is 0. The summed E-state index contributed by atoms with van der Waals surface area (Å²) in [6.45, 7) is 0.719. The number of benzene rings is 1. The number of nitrogens with one attached hydrogen (secondary N) is 3. The molecule has 0 heterocycles. The maximum Gasteiger partial charge on any atom is 0.240 e. The average Bonchev–Trinajstić information content (AvgIpc) is 3.22. The van der Waals surface area contributed by atoms with Crippen molar-refractivity contribution in [1.29, 1.82) is 0 Å². The second kappa shape index (κ2) is 6.41. The standard InChI is InChI=1S/C12H19N3O4S2/c1-13-7-8-14-20(16,17)11-3-2-4-12(9-11)21(18,19)15-10-5-6-10/h2-4,9-10,13-15H,5-8H2,1H3. The Balaban J connectivity index is 2.20. The molecule has 0 atom stereocenters. The minimum absolute atomic E-state index is 0.0241. The largest absolute Gasteiger partial charge is 0.318 e. The summed E-state index contributed by atoms with van der Waals surface area (Å²) in [5, 5.41) is 2.82. The van der Waals surface area contributed by atoms with E-state index < -0.39 is 20.0 Å². The lowest BCUT2D eigenvalue weighted by molar-refractivity contribution is 0.578. The molecule has 0 aromatic heterocycles. The number of hydrogen-bond donors (Lipinski definition) is 3. The highest BCUT2D eigenvalue weighted by atomic mass is 32.2. The Labute approximate surface area is 125 Å². The molecule has 1 aromatic rings. The first-order valence-electron chi connectivity index (χ1n) is 6.62. The van der Waals surface area contributed by atoms with Crippen LogP contribution in [0, 0.1) is 0 Å².